The first-order valence-electron chi connectivity index (χ1n) is 5.41. The summed E-state index contributed by atoms with van der Waals surface area (Å²) >= 11 is 3.51. The Kier molecular flexibility index (Phi) is 3.47. The summed E-state index contributed by atoms with van der Waals surface area (Å²) in [4.78, 5) is 2.28. The molecule has 0 unspecified atom stereocenters. The van der Waals surface area contributed by atoms with Crippen molar-refractivity contribution in [3.05, 3.63) is 28.2 Å². The zero-order valence-corrected chi connectivity index (χ0v) is 10.6. The molecule has 2 rings (SSSR count). The number of anilines is 1. The molecule has 0 spiro atoms. The van der Waals surface area contributed by atoms with Crippen molar-refractivity contribution in [2.24, 2.45) is 5.73 Å². The summed E-state index contributed by atoms with van der Waals surface area (Å²) in [6, 6.07) is 8.08. The SMILES string of the molecule is N#Cc1ccc(N2CCC[C@@H](N)C2)c(Br)c1. The highest BCUT2D eigenvalue weighted by Crippen LogP contribution is 2.29. The van der Waals surface area contributed by atoms with Gasteiger partial charge in [-0.05, 0) is 47.0 Å². The van der Waals surface area contributed by atoms with E-state index in [1.165, 1.54) is 0 Å². The number of benzene rings is 1. The van der Waals surface area contributed by atoms with Crippen LogP contribution in [0.5, 0.6) is 0 Å². The van der Waals surface area contributed by atoms with E-state index in [1.54, 1.807) is 0 Å². The van der Waals surface area contributed by atoms with Crippen LogP contribution in [0.25, 0.3) is 0 Å². The van der Waals surface area contributed by atoms with Gasteiger partial charge in [-0.15, -0.1) is 0 Å². The number of piperidine rings is 1. The van der Waals surface area contributed by atoms with Crippen LogP contribution in [-0.2, 0) is 0 Å². The van der Waals surface area contributed by atoms with Crippen molar-refractivity contribution in [2.45, 2.75) is 18.9 Å². The molecule has 4 heteroatoms. The van der Waals surface area contributed by atoms with Crippen molar-refractivity contribution in [3.63, 3.8) is 0 Å². The smallest absolute Gasteiger partial charge is 0.0992 e. The topological polar surface area (TPSA) is 53.0 Å². The molecule has 0 aliphatic carbocycles. The average Bonchev–Trinajstić information content (AvgIpc) is 2.28. The van der Waals surface area contributed by atoms with E-state index in [9.17, 15) is 0 Å². The largest absolute Gasteiger partial charge is 0.369 e. The van der Waals surface area contributed by atoms with Crippen LogP contribution < -0.4 is 10.6 Å². The van der Waals surface area contributed by atoms with Gasteiger partial charge in [0.15, 0.2) is 0 Å². The second-order valence-electron chi connectivity index (χ2n) is 4.13. The van der Waals surface area contributed by atoms with Gasteiger partial charge >= 0.3 is 0 Å². The molecule has 1 aliphatic rings. The van der Waals surface area contributed by atoms with Gasteiger partial charge in [-0.2, -0.15) is 5.26 Å². The fourth-order valence-corrected chi connectivity index (χ4v) is 2.69. The molecule has 1 saturated heterocycles. The van der Waals surface area contributed by atoms with Crippen LogP contribution in [0.4, 0.5) is 5.69 Å². The molecule has 1 aliphatic heterocycles. The van der Waals surface area contributed by atoms with Crippen molar-refractivity contribution < 1.29 is 0 Å². The summed E-state index contributed by atoms with van der Waals surface area (Å²) in [6.45, 7) is 1.93. The van der Waals surface area contributed by atoms with Crippen molar-refractivity contribution in [1.29, 1.82) is 5.26 Å². The third-order valence-electron chi connectivity index (χ3n) is 2.88. The zero-order chi connectivity index (χ0) is 11.5. The molecule has 16 heavy (non-hydrogen) atoms. The first-order valence-corrected chi connectivity index (χ1v) is 6.20. The molecular formula is C12H14BrN3. The van der Waals surface area contributed by atoms with Crippen LogP contribution in [0.15, 0.2) is 22.7 Å². The lowest BCUT2D eigenvalue weighted by Gasteiger charge is -2.33. The Morgan fingerprint density at radius 1 is 1.50 bits per heavy atom. The standard InChI is InChI=1S/C12H14BrN3/c13-11-6-9(7-14)3-4-12(11)16-5-1-2-10(15)8-16/h3-4,6,10H,1-2,5,8,15H2/t10-/m1/s1. The van der Waals surface area contributed by atoms with E-state index >= 15 is 0 Å². The van der Waals surface area contributed by atoms with Crippen LogP contribution >= 0.6 is 15.9 Å². The van der Waals surface area contributed by atoms with Gasteiger partial charge in [-0.25, -0.2) is 0 Å². The van der Waals surface area contributed by atoms with Crippen molar-refractivity contribution in [2.75, 3.05) is 18.0 Å². The number of nitriles is 1. The first-order chi connectivity index (χ1) is 7.70. The van der Waals surface area contributed by atoms with Crippen molar-refractivity contribution in [1.82, 2.24) is 0 Å². The van der Waals surface area contributed by atoms with Gasteiger partial charge in [0, 0.05) is 23.6 Å². The van der Waals surface area contributed by atoms with Crippen molar-refractivity contribution >= 4 is 21.6 Å². The molecule has 0 amide bonds. The number of hydrogen-bond acceptors (Lipinski definition) is 3. The van der Waals surface area contributed by atoms with Gasteiger partial charge in [0.25, 0.3) is 0 Å². The minimum Gasteiger partial charge on any atom is -0.369 e. The molecule has 2 N–H and O–H groups in total. The summed E-state index contributed by atoms with van der Waals surface area (Å²) in [5.41, 5.74) is 7.77. The summed E-state index contributed by atoms with van der Waals surface area (Å²) in [6.07, 6.45) is 2.23. The van der Waals surface area contributed by atoms with Crippen LogP contribution in [0, 0.1) is 11.3 Å². The summed E-state index contributed by atoms with van der Waals surface area (Å²) in [7, 11) is 0. The summed E-state index contributed by atoms with van der Waals surface area (Å²) in [5, 5.41) is 8.80. The maximum absolute atomic E-state index is 8.80. The van der Waals surface area contributed by atoms with Gasteiger partial charge in [-0.1, -0.05) is 0 Å². The van der Waals surface area contributed by atoms with E-state index in [2.05, 4.69) is 26.9 Å². The van der Waals surface area contributed by atoms with E-state index in [-0.39, 0.29) is 6.04 Å². The number of halogens is 1. The van der Waals surface area contributed by atoms with Crippen LogP contribution in [0.1, 0.15) is 18.4 Å². The minimum atomic E-state index is 0.260. The lowest BCUT2D eigenvalue weighted by Crippen LogP contribution is -2.42. The Morgan fingerprint density at radius 2 is 2.31 bits per heavy atom. The molecule has 0 radical (unpaired) electrons. The van der Waals surface area contributed by atoms with Gasteiger partial charge in [0.05, 0.1) is 17.3 Å². The van der Waals surface area contributed by atoms with Gasteiger partial charge in [0.1, 0.15) is 0 Å². The second kappa shape index (κ2) is 4.86. The normalized spacial score (nSPS) is 20.6. The van der Waals surface area contributed by atoms with E-state index in [4.69, 9.17) is 11.0 Å². The lowest BCUT2D eigenvalue weighted by atomic mass is 10.1. The number of nitrogens with two attached hydrogens (primary N) is 1. The fourth-order valence-electron chi connectivity index (χ4n) is 2.06. The monoisotopic (exact) mass is 279 g/mol. The van der Waals surface area contributed by atoms with Crippen molar-refractivity contribution in [3.8, 4) is 6.07 Å². The fraction of sp³-hybridized carbons (Fsp3) is 0.417. The summed E-state index contributed by atoms with van der Waals surface area (Å²) < 4.78 is 0.973. The van der Waals surface area contributed by atoms with Gasteiger partial charge in [-0.3, -0.25) is 0 Å². The minimum absolute atomic E-state index is 0.260. The maximum Gasteiger partial charge on any atom is 0.0992 e. The molecule has 0 saturated carbocycles. The molecule has 1 aromatic carbocycles. The Balaban J connectivity index is 2.23. The van der Waals surface area contributed by atoms with E-state index in [0.29, 0.717) is 5.56 Å². The predicted octanol–water partition coefficient (Wildman–Crippen LogP) is 2.25. The maximum atomic E-state index is 8.80. The molecule has 84 valence electrons. The highest BCUT2D eigenvalue weighted by Gasteiger charge is 2.18. The highest BCUT2D eigenvalue weighted by atomic mass is 79.9. The molecule has 0 bridgehead atoms. The van der Waals surface area contributed by atoms with Crippen LogP contribution in [-0.4, -0.2) is 19.1 Å². The van der Waals surface area contributed by atoms with E-state index < -0.39 is 0 Å². The lowest BCUT2D eigenvalue weighted by molar-refractivity contribution is 0.506. The number of hydrogen-bond donors (Lipinski definition) is 1. The van der Waals surface area contributed by atoms with Gasteiger partial charge in [0.2, 0.25) is 0 Å². The Morgan fingerprint density at radius 3 is 2.94 bits per heavy atom. The molecule has 1 fully saturated rings. The van der Waals surface area contributed by atoms with Crippen LogP contribution in [0.2, 0.25) is 0 Å². The molecule has 0 aromatic heterocycles. The van der Waals surface area contributed by atoms with Crippen LogP contribution in [0.3, 0.4) is 0 Å². The number of rotatable bonds is 1. The third-order valence-corrected chi connectivity index (χ3v) is 3.51. The Labute approximate surface area is 104 Å². The predicted molar refractivity (Wildman–Crippen MR) is 68.3 cm³/mol. The zero-order valence-electron chi connectivity index (χ0n) is 8.99. The Hall–Kier alpha value is -1.05. The van der Waals surface area contributed by atoms with E-state index in [0.717, 1.165) is 36.1 Å². The average molecular weight is 280 g/mol. The van der Waals surface area contributed by atoms with Gasteiger partial charge < -0.3 is 10.6 Å². The molecule has 1 heterocycles. The highest BCUT2D eigenvalue weighted by molar-refractivity contribution is 9.10. The molecule has 1 atom stereocenters. The molecule has 1 aromatic rings. The quantitative estimate of drug-likeness (QED) is 0.858. The third kappa shape index (κ3) is 2.37. The Bertz CT molecular complexity index is 425. The van der Waals surface area contributed by atoms with E-state index in [1.807, 2.05) is 18.2 Å². The summed E-state index contributed by atoms with van der Waals surface area (Å²) in [5.74, 6) is 0. The molecule has 3 nitrogen and oxygen atoms in total. The number of nitrogens with zero attached hydrogens (tertiary/aromatic N) is 2. The molecular weight excluding hydrogens is 266 g/mol. The first kappa shape index (κ1) is 11.4. The second-order valence-corrected chi connectivity index (χ2v) is 4.98.